The molecule has 0 fully saturated rings. The molecular formula is C18H20FNO2. The molecule has 0 heterocycles. The molecule has 1 unspecified atom stereocenters. The minimum Gasteiger partial charge on any atom is -0.496 e. The third kappa shape index (κ3) is 4.41. The molecule has 0 aromatic heterocycles. The van der Waals surface area contributed by atoms with Crippen molar-refractivity contribution in [3.05, 3.63) is 71.6 Å². The second kappa shape index (κ2) is 8.32. The largest absolute Gasteiger partial charge is 0.496 e. The van der Waals surface area contributed by atoms with Crippen LogP contribution in [0.4, 0.5) is 4.39 Å². The summed E-state index contributed by atoms with van der Waals surface area (Å²) < 4.78 is 18.8. The van der Waals surface area contributed by atoms with Crippen molar-refractivity contribution in [2.24, 2.45) is 0 Å². The van der Waals surface area contributed by atoms with E-state index in [0.717, 1.165) is 11.3 Å². The van der Waals surface area contributed by atoms with E-state index >= 15 is 0 Å². The molecule has 0 aliphatic rings. The molecule has 0 radical (unpaired) electrons. The fraction of sp³-hybridized carbons (Fsp3) is 0.222. The van der Waals surface area contributed by atoms with Crippen LogP contribution in [-0.2, 0) is 0 Å². The lowest BCUT2D eigenvalue weighted by Gasteiger charge is -2.12. The molecule has 4 heteroatoms. The van der Waals surface area contributed by atoms with Gasteiger partial charge in [-0.3, -0.25) is 0 Å². The Hall–Kier alpha value is -2.17. The Kier molecular flexibility index (Phi) is 6.13. The fourth-order valence-electron chi connectivity index (χ4n) is 2.15. The van der Waals surface area contributed by atoms with Crippen LogP contribution in [0.1, 0.15) is 17.2 Å². The Morgan fingerprint density at radius 1 is 1.18 bits per heavy atom. The predicted molar refractivity (Wildman–Crippen MR) is 86.3 cm³/mol. The van der Waals surface area contributed by atoms with E-state index in [2.05, 4.69) is 5.32 Å². The first kappa shape index (κ1) is 16.2. The molecule has 0 amide bonds. The van der Waals surface area contributed by atoms with E-state index in [4.69, 9.17) is 4.74 Å². The molecule has 3 nitrogen and oxygen atoms in total. The zero-order chi connectivity index (χ0) is 15.8. The zero-order valence-corrected chi connectivity index (χ0v) is 12.5. The number of nitrogens with one attached hydrogen (secondary N) is 1. The number of para-hydroxylation sites is 1. The first-order valence-corrected chi connectivity index (χ1v) is 7.15. The van der Waals surface area contributed by atoms with Crippen molar-refractivity contribution in [2.45, 2.75) is 6.10 Å². The molecule has 0 saturated carbocycles. The van der Waals surface area contributed by atoms with Gasteiger partial charge in [0.05, 0.1) is 13.2 Å². The highest BCUT2D eigenvalue weighted by Crippen LogP contribution is 2.18. The van der Waals surface area contributed by atoms with Crippen LogP contribution in [-0.4, -0.2) is 25.3 Å². The maximum atomic E-state index is 13.5. The molecule has 0 bridgehead atoms. The van der Waals surface area contributed by atoms with Crippen molar-refractivity contribution in [3.63, 3.8) is 0 Å². The smallest absolute Gasteiger partial charge is 0.129 e. The van der Waals surface area contributed by atoms with E-state index in [1.807, 2.05) is 36.4 Å². The number of halogens is 1. The van der Waals surface area contributed by atoms with E-state index in [-0.39, 0.29) is 12.4 Å². The maximum Gasteiger partial charge on any atom is 0.129 e. The van der Waals surface area contributed by atoms with Crippen LogP contribution in [0.15, 0.2) is 54.6 Å². The molecule has 0 saturated heterocycles. The van der Waals surface area contributed by atoms with Crippen LogP contribution < -0.4 is 10.1 Å². The summed E-state index contributed by atoms with van der Waals surface area (Å²) in [5, 5.41) is 13.0. The summed E-state index contributed by atoms with van der Waals surface area (Å²) in [5.41, 5.74) is 1.30. The average molecular weight is 301 g/mol. The molecule has 2 rings (SSSR count). The van der Waals surface area contributed by atoms with Crippen LogP contribution in [0.5, 0.6) is 5.75 Å². The highest BCUT2D eigenvalue weighted by Gasteiger charge is 2.10. The quantitative estimate of drug-likeness (QED) is 0.772. The Balaban J connectivity index is 1.82. The SMILES string of the molecule is COc1ccccc1/C=C/CNCC(O)c1ccccc1F. The summed E-state index contributed by atoms with van der Waals surface area (Å²) in [6.45, 7) is 0.862. The van der Waals surface area contributed by atoms with Gasteiger partial charge >= 0.3 is 0 Å². The normalized spacial score (nSPS) is 12.5. The monoisotopic (exact) mass is 301 g/mol. The molecule has 0 spiro atoms. The van der Waals surface area contributed by atoms with Crippen LogP contribution in [0, 0.1) is 5.82 Å². The highest BCUT2D eigenvalue weighted by atomic mass is 19.1. The Bertz CT molecular complexity index is 628. The minimum absolute atomic E-state index is 0.289. The molecular weight excluding hydrogens is 281 g/mol. The average Bonchev–Trinajstić information content (AvgIpc) is 2.55. The molecule has 22 heavy (non-hydrogen) atoms. The van der Waals surface area contributed by atoms with Gasteiger partial charge in [-0.1, -0.05) is 48.6 Å². The highest BCUT2D eigenvalue weighted by molar-refractivity contribution is 5.57. The third-order valence-electron chi connectivity index (χ3n) is 3.30. The Labute approximate surface area is 130 Å². The van der Waals surface area contributed by atoms with Crippen molar-refractivity contribution >= 4 is 6.08 Å². The second-order valence-corrected chi connectivity index (χ2v) is 4.84. The van der Waals surface area contributed by atoms with E-state index in [9.17, 15) is 9.50 Å². The van der Waals surface area contributed by atoms with Gasteiger partial charge in [0.15, 0.2) is 0 Å². The van der Waals surface area contributed by atoms with Crippen molar-refractivity contribution in [3.8, 4) is 5.75 Å². The summed E-state index contributed by atoms with van der Waals surface area (Å²) in [5.74, 6) is 0.423. The number of aliphatic hydroxyl groups excluding tert-OH is 1. The van der Waals surface area contributed by atoms with E-state index in [1.54, 1.807) is 25.3 Å². The zero-order valence-electron chi connectivity index (χ0n) is 12.5. The standard InChI is InChI=1S/C18H20FNO2/c1-22-18-11-5-2-7-14(18)8-6-12-20-13-17(21)15-9-3-4-10-16(15)19/h2-11,17,20-21H,12-13H2,1H3/b8-6+. The molecule has 2 aromatic carbocycles. The minimum atomic E-state index is -0.860. The summed E-state index contributed by atoms with van der Waals surface area (Å²) in [6, 6.07) is 14.0. The lowest BCUT2D eigenvalue weighted by Crippen LogP contribution is -2.22. The van der Waals surface area contributed by atoms with Crippen molar-refractivity contribution in [2.75, 3.05) is 20.2 Å². The lowest BCUT2D eigenvalue weighted by molar-refractivity contribution is 0.171. The van der Waals surface area contributed by atoms with Crippen molar-refractivity contribution in [1.82, 2.24) is 5.32 Å². The first-order chi connectivity index (χ1) is 10.7. The Morgan fingerprint density at radius 3 is 2.68 bits per heavy atom. The summed E-state index contributed by atoms with van der Waals surface area (Å²) in [6.07, 6.45) is 3.02. The van der Waals surface area contributed by atoms with E-state index < -0.39 is 6.10 Å². The number of benzene rings is 2. The predicted octanol–water partition coefficient (Wildman–Crippen LogP) is 3.17. The van der Waals surface area contributed by atoms with Crippen LogP contribution in [0.25, 0.3) is 6.08 Å². The number of methoxy groups -OCH3 is 1. The summed E-state index contributed by atoms with van der Waals surface area (Å²) >= 11 is 0. The molecule has 2 aromatic rings. The van der Waals surface area contributed by atoms with E-state index in [1.165, 1.54) is 6.07 Å². The molecule has 116 valence electrons. The molecule has 0 aliphatic carbocycles. The van der Waals surface area contributed by atoms with Crippen LogP contribution in [0.2, 0.25) is 0 Å². The van der Waals surface area contributed by atoms with Crippen molar-refractivity contribution in [1.29, 1.82) is 0 Å². The third-order valence-corrected chi connectivity index (χ3v) is 3.30. The van der Waals surface area contributed by atoms with Gasteiger partial charge in [0, 0.05) is 24.2 Å². The number of hydrogen-bond acceptors (Lipinski definition) is 3. The summed E-state index contributed by atoms with van der Waals surface area (Å²) in [4.78, 5) is 0. The lowest BCUT2D eigenvalue weighted by atomic mass is 10.1. The maximum absolute atomic E-state index is 13.5. The molecule has 0 aliphatic heterocycles. The van der Waals surface area contributed by atoms with Gasteiger partial charge in [-0.15, -0.1) is 0 Å². The topological polar surface area (TPSA) is 41.5 Å². The molecule has 1 atom stereocenters. The van der Waals surface area contributed by atoms with Gasteiger partial charge < -0.3 is 15.2 Å². The Morgan fingerprint density at radius 2 is 1.91 bits per heavy atom. The fourth-order valence-corrected chi connectivity index (χ4v) is 2.15. The number of ether oxygens (including phenoxy) is 1. The first-order valence-electron chi connectivity index (χ1n) is 7.15. The summed E-state index contributed by atoms with van der Waals surface area (Å²) in [7, 11) is 1.63. The number of rotatable bonds is 7. The van der Waals surface area contributed by atoms with Gasteiger partial charge in [-0.05, 0) is 12.1 Å². The number of hydrogen-bond donors (Lipinski definition) is 2. The van der Waals surface area contributed by atoms with Gasteiger partial charge in [-0.2, -0.15) is 0 Å². The molecule has 2 N–H and O–H groups in total. The van der Waals surface area contributed by atoms with Gasteiger partial charge in [0.25, 0.3) is 0 Å². The van der Waals surface area contributed by atoms with Gasteiger partial charge in [0.1, 0.15) is 11.6 Å². The van der Waals surface area contributed by atoms with Crippen molar-refractivity contribution < 1.29 is 14.2 Å². The van der Waals surface area contributed by atoms with Gasteiger partial charge in [-0.25, -0.2) is 4.39 Å². The van der Waals surface area contributed by atoms with Crippen LogP contribution in [0.3, 0.4) is 0 Å². The number of aliphatic hydroxyl groups is 1. The van der Waals surface area contributed by atoms with E-state index in [0.29, 0.717) is 12.1 Å². The van der Waals surface area contributed by atoms with Crippen LogP contribution >= 0.6 is 0 Å². The second-order valence-electron chi connectivity index (χ2n) is 4.84. The van der Waals surface area contributed by atoms with Gasteiger partial charge in [0.2, 0.25) is 0 Å².